The minimum atomic E-state index is -3.18. The maximum atomic E-state index is 2.63. The van der Waals surface area contributed by atoms with Crippen molar-refractivity contribution < 1.29 is 46.1 Å². The van der Waals surface area contributed by atoms with Crippen LogP contribution in [0.3, 0.4) is 0 Å². The Hall–Kier alpha value is -3.87. The van der Waals surface area contributed by atoms with Crippen molar-refractivity contribution in [2.45, 2.75) is 104 Å². The van der Waals surface area contributed by atoms with Gasteiger partial charge in [0.05, 0.1) is 0 Å². The van der Waals surface area contributed by atoms with E-state index in [-0.39, 0.29) is 46.5 Å². The van der Waals surface area contributed by atoms with Gasteiger partial charge in [0.15, 0.2) is 0 Å². The van der Waals surface area contributed by atoms with Crippen LogP contribution in [-0.2, 0) is 49.3 Å². The zero-order valence-corrected chi connectivity index (χ0v) is 41.2. The van der Waals surface area contributed by atoms with Crippen molar-refractivity contribution in [3.8, 4) is 33.4 Å². The minimum Gasteiger partial charge on any atom is -1.00 e. The predicted octanol–water partition coefficient (Wildman–Crippen LogP) is 8.41. The Balaban J connectivity index is 0.00000302. The van der Waals surface area contributed by atoms with Gasteiger partial charge in [0.2, 0.25) is 0 Å². The van der Waals surface area contributed by atoms with Gasteiger partial charge in [0.1, 0.15) is 0 Å². The first kappa shape index (κ1) is 45.7. The maximum Gasteiger partial charge on any atom is -1.00 e. The summed E-state index contributed by atoms with van der Waals surface area (Å²) in [6.07, 6.45) is 9.28. The molecule has 0 nitrogen and oxygen atoms in total. The van der Waals surface area contributed by atoms with Crippen molar-refractivity contribution in [2.75, 3.05) is 0 Å². The van der Waals surface area contributed by atoms with E-state index in [1.54, 1.807) is 15.3 Å². The fourth-order valence-corrected chi connectivity index (χ4v) is 20.1. The molecule has 0 saturated heterocycles. The third-order valence-electron chi connectivity index (χ3n) is 12.9. The van der Waals surface area contributed by atoms with Gasteiger partial charge in [-0.1, -0.05) is 0 Å². The van der Waals surface area contributed by atoms with Gasteiger partial charge in [-0.3, -0.25) is 0 Å². The number of allylic oxidation sites excluding steroid dienone is 4. The fourth-order valence-electron chi connectivity index (χ4n) is 10.1. The van der Waals surface area contributed by atoms with Crippen molar-refractivity contribution in [3.05, 3.63) is 194 Å². The molecule has 6 aromatic carbocycles. The molecule has 0 unspecified atom stereocenters. The van der Waals surface area contributed by atoms with Crippen LogP contribution in [0.2, 0.25) is 0 Å². The molecule has 306 valence electrons. The van der Waals surface area contributed by atoms with Crippen LogP contribution in [0.4, 0.5) is 0 Å². The van der Waals surface area contributed by atoms with Crippen LogP contribution in [0.25, 0.3) is 33.4 Å². The monoisotopic (exact) mass is 904 g/mol. The van der Waals surface area contributed by atoms with Crippen molar-refractivity contribution >= 4 is 6.48 Å². The molecule has 0 amide bonds. The van der Waals surface area contributed by atoms with Gasteiger partial charge < -0.3 is 24.8 Å². The Kier molecular flexibility index (Phi) is 13.3. The van der Waals surface area contributed by atoms with Crippen molar-refractivity contribution in [2.24, 2.45) is 0 Å². The number of rotatable bonds is 8. The molecule has 0 N–H and O–H groups in total. The third kappa shape index (κ3) is 8.37. The minimum absolute atomic E-state index is 0. The first-order chi connectivity index (χ1) is 27.6. The number of hydrogen-bond acceptors (Lipinski definition) is 0. The quantitative estimate of drug-likeness (QED) is 0.144. The first-order valence-electron chi connectivity index (χ1n) is 21.3. The molecule has 0 atom stereocenters. The normalized spacial score (nSPS) is 13.3. The number of benzene rings is 6. The predicted molar refractivity (Wildman–Crippen MR) is 248 cm³/mol. The first-order valence-corrected chi connectivity index (χ1v) is 25.0. The zero-order chi connectivity index (χ0) is 41.0. The molecule has 0 heterocycles. The second-order valence-electron chi connectivity index (χ2n) is 19.7. The molecule has 2 aliphatic rings. The average molecular weight is 907 g/mol. The summed E-state index contributed by atoms with van der Waals surface area (Å²) >= 11 is -3.18. The smallest absolute Gasteiger partial charge is 1.00 e. The topological polar surface area (TPSA) is 0 Å². The number of halogens is 2. The standard InChI is InChI=1S/C33H33.C19H22.C5H5.2ClH.Zr/c1-32(2,3)30-20-26-24(18-28(30)22-13-9-7-10-14-22)17-25-19-29(23-15-11-8-12-16-23)31(21-27(25)26)33(4,5)6;1-18(2,16-11-7-5-8-12-16)15-19(3,4)17-13-9-6-10-14-17;1-2-4-5-3-1;;;/h7-16,18,20-21H,17H2,1-6H3;5-14H,1-4H3;1-3H,4H2;2*1H;/q;;;;;+2/p-2. The van der Waals surface area contributed by atoms with Gasteiger partial charge >= 0.3 is 359 Å². The van der Waals surface area contributed by atoms with E-state index in [0.29, 0.717) is 0 Å². The Morgan fingerprint density at radius 2 is 0.967 bits per heavy atom. The molecule has 3 heteroatoms. The Morgan fingerprint density at radius 1 is 0.500 bits per heavy atom. The van der Waals surface area contributed by atoms with E-state index in [4.69, 9.17) is 0 Å². The molecular weight excluding hydrogens is 847 g/mol. The number of fused-ring (bicyclic) bond motifs is 3. The summed E-state index contributed by atoms with van der Waals surface area (Å²) in [7, 11) is 0. The maximum absolute atomic E-state index is 3.18. The molecule has 0 spiro atoms. The molecule has 0 aromatic heterocycles. The van der Waals surface area contributed by atoms with E-state index in [9.17, 15) is 0 Å². The Bertz CT molecular complexity index is 2530. The number of hydrogen-bond donors (Lipinski definition) is 0. The largest absolute Gasteiger partial charge is 1.00 e. The molecule has 0 fully saturated rings. The van der Waals surface area contributed by atoms with Crippen LogP contribution in [0.1, 0.15) is 109 Å². The summed E-state index contributed by atoms with van der Waals surface area (Å²) in [5.74, 6) is 0. The molecule has 60 heavy (non-hydrogen) atoms. The Labute approximate surface area is 381 Å². The summed E-state index contributed by atoms with van der Waals surface area (Å²) in [5.41, 5.74) is 16.6. The molecule has 0 radical (unpaired) electrons. The van der Waals surface area contributed by atoms with E-state index in [0.717, 1.165) is 12.8 Å². The van der Waals surface area contributed by atoms with Crippen LogP contribution in [0.15, 0.2) is 161 Å². The van der Waals surface area contributed by atoms with Crippen molar-refractivity contribution in [3.63, 3.8) is 0 Å². The SMILES string of the molecule is CC(C)(C)c1cc2c(cc1-c1ccccc1)Cc1c-2cc(C(C)(C)C)c(-c2ccccc2)[c]1[Zr+2]([C]1=CC=CC1)=[C](C(C)(C)c1ccccc1)C(C)(C)c1ccccc1.[Cl-].[Cl-]. The molecular formula is C57H60Cl2Zr. The van der Waals surface area contributed by atoms with Gasteiger partial charge in [0.25, 0.3) is 0 Å². The van der Waals surface area contributed by atoms with Crippen LogP contribution < -0.4 is 28.1 Å². The van der Waals surface area contributed by atoms with Crippen molar-refractivity contribution in [1.29, 1.82) is 0 Å². The van der Waals surface area contributed by atoms with Gasteiger partial charge in [-0.15, -0.1) is 0 Å². The second-order valence-corrected chi connectivity index (χ2v) is 25.6. The average Bonchev–Trinajstić information content (AvgIpc) is 3.88. The second kappa shape index (κ2) is 17.5. The van der Waals surface area contributed by atoms with Crippen LogP contribution >= 0.6 is 0 Å². The Morgan fingerprint density at radius 3 is 1.43 bits per heavy atom. The third-order valence-corrected chi connectivity index (χ3v) is 22.3. The molecule has 2 aliphatic carbocycles. The van der Waals surface area contributed by atoms with Gasteiger partial charge in [0, 0.05) is 0 Å². The van der Waals surface area contributed by atoms with Crippen LogP contribution in [0.5, 0.6) is 0 Å². The zero-order valence-electron chi connectivity index (χ0n) is 37.2. The van der Waals surface area contributed by atoms with Crippen LogP contribution in [0, 0.1) is 0 Å². The van der Waals surface area contributed by atoms with Gasteiger partial charge in [-0.05, 0) is 0 Å². The van der Waals surface area contributed by atoms with E-state index in [1.165, 1.54) is 61.2 Å². The molecule has 0 saturated carbocycles. The summed E-state index contributed by atoms with van der Waals surface area (Å²) in [6, 6.07) is 53.2. The summed E-state index contributed by atoms with van der Waals surface area (Å²) in [6.45, 7) is 24.6. The molecule has 8 rings (SSSR count). The van der Waals surface area contributed by atoms with Crippen LogP contribution in [-0.4, -0.2) is 3.21 Å². The van der Waals surface area contributed by atoms with Gasteiger partial charge in [-0.2, -0.15) is 0 Å². The van der Waals surface area contributed by atoms with Gasteiger partial charge in [-0.25, -0.2) is 0 Å². The summed E-state index contributed by atoms with van der Waals surface area (Å²) in [5, 5.41) is 0. The fraction of sp³-hybridized carbons (Fsp3) is 0.281. The van der Waals surface area contributed by atoms with E-state index >= 15 is 0 Å². The molecule has 0 bridgehead atoms. The molecule has 0 aliphatic heterocycles. The summed E-state index contributed by atoms with van der Waals surface area (Å²) in [4.78, 5) is 0. The summed E-state index contributed by atoms with van der Waals surface area (Å²) < 4.78 is 5.09. The van der Waals surface area contributed by atoms with E-state index < -0.39 is 21.3 Å². The van der Waals surface area contributed by atoms with Crippen molar-refractivity contribution in [1.82, 2.24) is 0 Å². The molecule has 6 aromatic rings. The van der Waals surface area contributed by atoms with E-state index in [1.807, 2.05) is 0 Å². The van der Waals surface area contributed by atoms with E-state index in [2.05, 4.69) is 227 Å².